The van der Waals surface area contributed by atoms with Gasteiger partial charge >= 0.3 is 0 Å². The van der Waals surface area contributed by atoms with Crippen LogP contribution in [0.3, 0.4) is 0 Å². The fourth-order valence-electron chi connectivity index (χ4n) is 0.767. The number of rotatable bonds is 2. The fourth-order valence-corrected chi connectivity index (χ4v) is 1.16. The van der Waals surface area contributed by atoms with Crippen LogP contribution in [0.5, 0.6) is 0 Å². The molecule has 0 N–H and O–H groups in total. The molecule has 0 radical (unpaired) electrons. The zero-order valence-electron chi connectivity index (χ0n) is 6.20. The Labute approximate surface area is 79.9 Å². The molecule has 1 rings (SSSR count). The summed E-state index contributed by atoms with van der Waals surface area (Å²) in [4.78, 5) is 3.14. The number of alkyl halides is 3. The van der Waals surface area contributed by atoms with Crippen molar-refractivity contribution in [2.75, 3.05) is 0 Å². The van der Waals surface area contributed by atoms with E-state index in [4.69, 9.17) is 0 Å². The minimum atomic E-state index is -3.03. The molecule has 0 amide bonds. The summed E-state index contributed by atoms with van der Waals surface area (Å²) in [6.45, 7) is 0. The normalized spacial score (nSPS) is 10.9. The van der Waals surface area contributed by atoms with Crippen LogP contribution >= 0.6 is 15.9 Å². The monoisotopic (exact) mass is 257 g/mol. The molecule has 72 valence electrons. The maximum Gasteiger partial charge on any atom is 0.283 e. The predicted octanol–water partition coefficient (Wildman–Crippen LogP) is 3.19. The zero-order chi connectivity index (χ0) is 10.0. The van der Waals surface area contributed by atoms with Crippen molar-refractivity contribution >= 4 is 15.9 Å². The fraction of sp³-hybridized carbons (Fsp3) is 0.286. The van der Waals surface area contributed by atoms with Crippen LogP contribution < -0.4 is 0 Å². The molecule has 0 aliphatic heterocycles. The molecule has 13 heavy (non-hydrogen) atoms. The lowest BCUT2D eigenvalue weighted by Crippen LogP contribution is -2.02. The first-order valence-corrected chi connectivity index (χ1v) is 4.37. The molecule has 0 aliphatic carbocycles. The molecule has 0 bridgehead atoms. The third kappa shape index (κ3) is 2.18. The van der Waals surface area contributed by atoms with Gasteiger partial charge in [0.15, 0.2) is 5.82 Å². The number of hydrogen-bond donors (Lipinski definition) is 0. The highest BCUT2D eigenvalue weighted by Crippen LogP contribution is 2.22. The Balaban J connectivity index is 3.22. The van der Waals surface area contributed by atoms with Crippen molar-refractivity contribution in [3.63, 3.8) is 0 Å². The highest BCUT2D eigenvalue weighted by atomic mass is 79.9. The molecule has 0 unspecified atom stereocenters. The van der Waals surface area contributed by atoms with E-state index < -0.39 is 23.8 Å². The van der Waals surface area contributed by atoms with Gasteiger partial charge in [0.05, 0.1) is 5.69 Å². The molecule has 6 heteroatoms. The lowest BCUT2D eigenvalue weighted by Gasteiger charge is -2.03. The van der Waals surface area contributed by atoms with E-state index in [-0.39, 0.29) is 11.0 Å². The summed E-state index contributed by atoms with van der Waals surface area (Å²) in [5, 5.41) is -0.0289. The van der Waals surface area contributed by atoms with E-state index in [9.17, 15) is 17.6 Å². The lowest BCUT2D eigenvalue weighted by atomic mass is 10.3. The highest BCUT2D eigenvalue weighted by Gasteiger charge is 2.18. The van der Waals surface area contributed by atoms with Crippen molar-refractivity contribution in [2.45, 2.75) is 11.8 Å². The van der Waals surface area contributed by atoms with Gasteiger partial charge < -0.3 is 0 Å². The molecule has 1 aromatic rings. The van der Waals surface area contributed by atoms with E-state index in [0.29, 0.717) is 6.07 Å². The van der Waals surface area contributed by atoms with Gasteiger partial charge in [0.25, 0.3) is 6.43 Å². The van der Waals surface area contributed by atoms with Gasteiger partial charge in [0, 0.05) is 11.4 Å². The van der Waals surface area contributed by atoms with Gasteiger partial charge in [-0.1, -0.05) is 15.9 Å². The summed E-state index contributed by atoms with van der Waals surface area (Å²) in [7, 11) is 0. The van der Waals surface area contributed by atoms with Crippen molar-refractivity contribution in [1.82, 2.24) is 4.98 Å². The molecular weight excluding hydrogens is 254 g/mol. The molecule has 0 spiro atoms. The Hall–Kier alpha value is -0.650. The SMILES string of the molecule is Fc1cc(F)c(C(F)F)nc1CBr. The molecule has 0 atom stereocenters. The van der Waals surface area contributed by atoms with Crippen molar-refractivity contribution < 1.29 is 17.6 Å². The number of halogens is 5. The van der Waals surface area contributed by atoms with Gasteiger partial charge in [-0.05, 0) is 0 Å². The van der Waals surface area contributed by atoms with Crippen LogP contribution in [0.1, 0.15) is 17.8 Å². The highest BCUT2D eigenvalue weighted by molar-refractivity contribution is 9.08. The average molecular weight is 258 g/mol. The van der Waals surface area contributed by atoms with Crippen LogP contribution in [-0.2, 0) is 5.33 Å². The molecule has 0 aliphatic rings. The second kappa shape index (κ2) is 4.04. The molecule has 1 nitrogen and oxygen atoms in total. The second-order valence-electron chi connectivity index (χ2n) is 2.22. The first-order chi connectivity index (χ1) is 6.06. The van der Waals surface area contributed by atoms with Crippen molar-refractivity contribution in [3.8, 4) is 0 Å². The summed E-state index contributed by atoms with van der Waals surface area (Å²) < 4.78 is 49.4. The summed E-state index contributed by atoms with van der Waals surface area (Å²) in [6, 6.07) is 0.408. The summed E-state index contributed by atoms with van der Waals surface area (Å²) in [5.74, 6) is -2.25. The average Bonchev–Trinajstić information content (AvgIpc) is 2.03. The van der Waals surface area contributed by atoms with Gasteiger partial charge in [-0.25, -0.2) is 22.5 Å². The maximum atomic E-state index is 12.7. The molecular formula is C7H4BrF4N. The van der Waals surface area contributed by atoms with Crippen LogP contribution in [0.25, 0.3) is 0 Å². The third-order valence-corrected chi connectivity index (χ3v) is 1.89. The van der Waals surface area contributed by atoms with E-state index in [1.54, 1.807) is 0 Å². The minimum Gasteiger partial charge on any atom is -0.245 e. The van der Waals surface area contributed by atoms with Crippen LogP contribution in [0, 0.1) is 11.6 Å². The Morgan fingerprint density at radius 2 is 1.92 bits per heavy atom. The Kier molecular flexibility index (Phi) is 3.24. The van der Waals surface area contributed by atoms with Crippen LogP contribution in [0.2, 0.25) is 0 Å². The number of nitrogens with zero attached hydrogens (tertiary/aromatic N) is 1. The van der Waals surface area contributed by atoms with Crippen molar-refractivity contribution in [3.05, 3.63) is 29.1 Å². The van der Waals surface area contributed by atoms with Gasteiger partial charge in [0.1, 0.15) is 11.5 Å². The van der Waals surface area contributed by atoms with E-state index in [1.165, 1.54) is 0 Å². The molecule has 1 aromatic heterocycles. The Morgan fingerprint density at radius 1 is 1.31 bits per heavy atom. The van der Waals surface area contributed by atoms with Crippen LogP contribution in [-0.4, -0.2) is 4.98 Å². The molecule has 1 heterocycles. The van der Waals surface area contributed by atoms with Gasteiger partial charge in [-0.3, -0.25) is 0 Å². The number of aromatic nitrogens is 1. The van der Waals surface area contributed by atoms with E-state index in [0.717, 1.165) is 0 Å². The largest absolute Gasteiger partial charge is 0.283 e. The summed E-state index contributed by atoms with van der Waals surface area (Å²) >= 11 is 2.85. The predicted molar refractivity (Wildman–Crippen MR) is 41.7 cm³/mol. The van der Waals surface area contributed by atoms with E-state index in [1.807, 2.05) is 0 Å². The first kappa shape index (κ1) is 10.4. The van der Waals surface area contributed by atoms with Crippen LogP contribution in [0.15, 0.2) is 6.07 Å². The molecule has 0 aromatic carbocycles. The quantitative estimate of drug-likeness (QED) is 0.586. The second-order valence-corrected chi connectivity index (χ2v) is 2.78. The molecule has 0 fully saturated rings. The maximum absolute atomic E-state index is 12.7. The Bertz CT molecular complexity index is 316. The van der Waals surface area contributed by atoms with Gasteiger partial charge in [-0.15, -0.1) is 0 Å². The van der Waals surface area contributed by atoms with Crippen molar-refractivity contribution in [1.29, 1.82) is 0 Å². The van der Waals surface area contributed by atoms with Gasteiger partial charge in [-0.2, -0.15) is 0 Å². The molecule has 0 saturated heterocycles. The van der Waals surface area contributed by atoms with E-state index >= 15 is 0 Å². The summed E-state index contributed by atoms with van der Waals surface area (Å²) in [6.07, 6.45) is -3.03. The van der Waals surface area contributed by atoms with Crippen molar-refractivity contribution in [2.24, 2.45) is 0 Å². The lowest BCUT2D eigenvalue weighted by molar-refractivity contribution is 0.140. The Morgan fingerprint density at radius 3 is 2.38 bits per heavy atom. The summed E-state index contributed by atoms with van der Waals surface area (Å²) in [5.41, 5.74) is -1.24. The minimum absolute atomic E-state index is 0.0289. The number of hydrogen-bond acceptors (Lipinski definition) is 1. The number of pyridine rings is 1. The van der Waals surface area contributed by atoms with Crippen LogP contribution in [0.4, 0.5) is 17.6 Å². The zero-order valence-corrected chi connectivity index (χ0v) is 7.78. The molecule has 0 saturated carbocycles. The standard InChI is InChI=1S/C7H4BrF4N/c8-2-5-3(9)1-4(10)6(13-5)7(11)12/h1,7H,2H2. The smallest absolute Gasteiger partial charge is 0.245 e. The van der Waals surface area contributed by atoms with E-state index in [2.05, 4.69) is 20.9 Å². The topological polar surface area (TPSA) is 12.9 Å². The third-order valence-electron chi connectivity index (χ3n) is 1.36. The van der Waals surface area contributed by atoms with Gasteiger partial charge in [0.2, 0.25) is 0 Å². The first-order valence-electron chi connectivity index (χ1n) is 3.25.